The number of carbonyl (C=O) groups is 1. The topological polar surface area (TPSA) is 35.5 Å². The highest BCUT2D eigenvalue weighted by molar-refractivity contribution is 6.06. The van der Waals surface area contributed by atoms with Gasteiger partial charge in [0.25, 0.3) is 0 Å². The monoisotopic (exact) mass is 176 g/mol. The molecule has 3 heteroatoms. The summed E-state index contributed by atoms with van der Waals surface area (Å²) in [7, 11) is 0. The third-order valence-electron chi connectivity index (χ3n) is 1.85. The zero-order chi connectivity index (χ0) is 9.26. The molecule has 66 valence electrons. The number of ketones is 1. The molecular formula is C10H8O3. The molecule has 0 amide bonds. The van der Waals surface area contributed by atoms with Gasteiger partial charge in [0.1, 0.15) is 0 Å². The van der Waals surface area contributed by atoms with Gasteiger partial charge in [-0.1, -0.05) is 12.6 Å². The van der Waals surface area contributed by atoms with Gasteiger partial charge in [0.15, 0.2) is 17.3 Å². The summed E-state index contributed by atoms with van der Waals surface area (Å²) in [6.07, 6.45) is 1.26. The number of carbonyl (C=O) groups excluding carboxylic acids is 1. The van der Waals surface area contributed by atoms with Crippen LogP contribution in [0.15, 0.2) is 30.9 Å². The van der Waals surface area contributed by atoms with Gasteiger partial charge in [-0.05, 0) is 18.2 Å². The third kappa shape index (κ3) is 1.18. The maximum atomic E-state index is 11.3. The Balaban J connectivity index is 2.53. The zero-order valence-electron chi connectivity index (χ0n) is 6.95. The number of fused-ring (bicyclic) bond motifs is 1. The van der Waals surface area contributed by atoms with Crippen LogP contribution in [-0.2, 0) is 0 Å². The minimum atomic E-state index is -0.151. The zero-order valence-corrected chi connectivity index (χ0v) is 6.95. The van der Waals surface area contributed by atoms with E-state index in [0.29, 0.717) is 17.1 Å². The Morgan fingerprint density at radius 2 is 2.31 bits per heavy atom. The van der Waals surface area contributed by atoms with E-state index in [1.54, 1.807) is 18.2 Å². The second-order valence-electron chi connectivity index (χ2n) is 2.61. The first-order chi connectivity index (χ1) is 6.33. The summed E-state index contributed by atoms with van der Waals surface area (Å²) in [6.45, 7) is 3.59. The minimum absolute atomic E-state index is 0.151. The van der Waals surface area contributed by atoms with Crippen molar-refractivity contribution in [3.63, 3.8) is 0 Å². The molecule has 2 rings (SSSR count). The Hall–Kier alpha value is -1.77. The van der Waals surface area contributed by atoms with E-state index in [-0.39, 0.29) is 12.6 Å². The summed E-state index contributed by atoms with van der Waals surface area (Å²) < 4.78 is 10.3. The molecule has 0 radical (unpaired) electrons. The van der Waals surface area contributed by atoms with E-state index >= 15 is 0 Å². The van der Waals surface area contributed by atoms with Crippen molar-refractivity contribution in [3.05, 3.63) is 36.4 Å². The molecular weight excluding hydrogens is 168 g/mol. The van der Waals surface area contributed by atoms with Gasteiger partial charge in [-0.25, -0.2) is 0 Å². The van der Waals surface area contributed by atoms with Crippen LogP contribution in [0.4, 0.5) is 0 Å². The molecule has 1 aliphatic rings. The van der Waals surface area contributed by atoms with Gasteiger partial charge in [-0.15, -0.1) is 0 Å². The van der Waals surface area contributed by atoms with Crippen molar-refractivity contribution in [1.29, 1.82) is 0 Å². The number of benzene rings is 1. The van der Waals surface area contributed by atoms with Gasteiger partial charge in [0, 0.05) is 0 Å². The number of para-hydroxylation sites is 1. The van der Waals surface area contributed by atoms with Crippen LogP contribution in [0.5, 0.6) is 11.5 Å². The fourth-order valence-corrected chi connectivity index (χ4v) is 1.23. The molecule has 0 saturated carbocycles. The summed E-state index contributed by atoms with van der Waals surface area (Å²) in [4.78, 5) is 11.3. The Morgan fingerprint density at radius 3 is 3.08 bits per heavy atom. The lowest BCUT2D eigenvalue weighted by Gasteiger charge is -2.00. The van der Waals surface area contributed by atoms with Crippen LogP contribution in [0.1, 0.15) is 10.4 Å². The predicted octanol–water partition coefficient (Wildman–Crippen LogP) is 1.78. The predicted molar refractivity (Wildman–Crippen MR) is 47.1 cm³/mol. The first-order valence-corrected chi connectivity index (χ1v) is 3.88. The third-order valence-corrected chi connectivity index (χ3v) is 1.85. The molecule has 0 aliphatic carbocycles. The van der Waals surface area contributed by atoms with Gasteiger partial charge in [0.2, 0.25) is 6.79 Å². The molecule has 0 N–H and O–H groups in total. The number of allylic oxidation sites excluding steroid dienone is 1. The van der Waals surface area contributed by atoms with Gasteiger partial charge < -0.3 is 9.47 Å². The number of hydrogen-bond donors (Lipinski definition) is 0. The molecule has 0 saturated heterocycles. The fraction of sp³-hybridized carbons (Fsp3) is 0.100. The highest BCUT2D eigenvalue weighted by Gasteiger charge is 2.19. The van der Waals surface area contributed by atoms with Crippen molar-refractivity contribution in [1.82, 2.24) is 0 Å². The first-order valence-electron chi connectivity index (χ1n) is 3.88. The highest BCUT2D eigenvalue weighted by atomic mass is 16.7. The molecule has 1 aromatic carbocycles. The smallest absolute Gasteiger partial charge is 0.231 e. The van der Waals surface area contributed by atoms with E-state index in [0.717, 1.165) is 0 Å². The van der Waals surface area contributed by atoms with Crippen molar-refractivity contribution in [2.24, 2.45) is 0 Å². The van der Waals surface area contributed by atoms with Crippen LogP contribution in [-0.4, -0.2) is 12.6 Å². The maximum absolute atomic E-state index is 11.3. The van der Waals surface area contributed by atoms with Gasteiger partial charge in [0.05, 0.1) is 5.56 Å². The Labute approximate surface area is 75.6 Å². The average Bonchev–Trinajstić information content (AvgIpc) is 2.63. The fourth-order valence-electron chi connectivity index (χ4n) is 1.23. The summed E-state index contributed by atoms with van der Waals surface area (Å²) in [5, 5.41) is 0. The Kier molecular flexibility index (Phi) is 1.77. The maximum Gasteiger partial charge on any atom is 0.231 e. The molecule has 0 bridgehead atoms. The molecule has 1 heterocycles. The Morgan fingerprint density at radius 1 is 1.46 bits per heavy atom. The summed E-state index contributed by atoms with van der Waals surface area (Å²) in [5.74, 6) is 0.988. The van der Waals surface area contributed by atoms with E-state index in [2.05, 4.69) is 6.58 Å². The largest absolute Gasteiger partial charge is 0.454 e. The quantitative estimate of drug-likeness (QED) is 0.509. The van der Waals surface area contributed by atoms with Crippen molar-refractivity contribution in [2.45, 2.75) is 0 Å². The van der Waals surface area contributed by atoms with Gasteiger partial charge in [-0.3, -0.25) is 4.79 Å². The van der Waals surface area contributed by atoms with Crippen LogP contribution in [0, 0.1) is 0 Å². The molecule has 1 aromatic rings. The van der Waals surface area contributed by atoms with Gasteiger partial charge >= 0.3 is 0 Å². The normalized spacial score (nSPS) is 12.6. The molecule has 0 unspecified atom stereocenters. The molecule has 1 aliphatic heterocycles. The average molecular weight is 176 g/mol. The van der Waals surface area contributed by atoms with Crippen LogP contribution in [0.3, 0.4) is 0 Å². The lowest BCUT2D eigenvalue weighted by molar-refractivity contribution is 0.104. The lowest BCUT2D eigenvalue weighted by atomic mass is 10.1. The lowest BCUT2D eigenvalue weighted by Crippen LogP contribution is -1.97. The molecule has 0 atom stereocenters. The highest BCUT2D eigenvalue weighted by Crippen LogP contribution is 2.35. The summed E-state index contributed by atoms with van der Waals surface area (Å²) >= 11 is 0. The van der Waals surface area contributed by atoms with E-state index < -0.39 is 0 Å². The van der Waals surface area contributed by atoms with Crippen molar-refractivity contribution in [3.8, 4) is 11.5 Å². The molecule has 0 aromatic heterocycles. The van der Waals surface area contributed by atoms with E-state index in [1.807, 2.05) is 0 Å². The SMILES string of the molecule is C=CC(=O)c1cccc2c1OCO2. The van der Waals surface area contributed by atoms with Crippen molar-refractivity contribution in [2.75, 3.05) is 6.79 Å². The van der Waals surface area contributed by atoms with E-state index in [4.69, 9.17) is 9.47 Å². The van der Waals surface area contributed by atoms with Crippen LogP contribution < -0.4 is 9.47 Å². The number of rotatable bonds is 2. The molecule has 0 spiro atoms. The molecule has 3 nitrogen and oxygen atoms in total. The summed E-state index contributed by atoms with van der Waals surface area (Å²) in [5.41, 5.74) is 0.505. The van der Waals surface area contributed by atoms with E-state index in [9.17, 15) is 4.79 Å². The van der Waals surface area contributed by atoms with Crippen molar-refractivity contribution >= 4 is 5.78 Å². The molecule has 0 fully saturated rings. The second kappa shape index (κ2) is 2.94. The first kappa shape index (κ1) is 7.86. The van der Waals surface area contributed by atoms with Crippen LogP contribution in [0.25, 0.3) is 0 Å². The Bertz CT molecular complexity index is 368. The number of hydrogen-bond acceptors (Lipinski definition) is 3. The second-order valence-corrected chi connectivity index (χ2v) is 2.61. The minimum Gasteiger partial charge on any atom is -0.454 e. The van der Waals surface area contributed by atoms with Crippen LogP contribution in [0.2, 0.25) is 0 Å². The standard InChI is InChI=1S/C10H8O3/c1-2-8(11)7-4-3-5-9-10(7)13-6-12-9/h2-5H,1,6H2. The number of ether oxygens (including phenoxy) is 2. The van der Waals surface area contributed by atoms with Gasteiger partial charge in [-0.2, -0.15) is 0 Å². The van der Waals surface area contributed by atoms with Crippen LogP contribution >= 0.6 is 0 Å². The summed E-state index contributed by atoms with van der Waals surface area (Å²) in [6, 6.07) is 5.21. The van der Waals surface area contributed by atoms with Crippen molar-refractivity contribution < 1.29 is 14.3 Å². The van der Waals surface area contributed by atoms with E-state index in [1.165, 1.54) is 6.08 Å². The molecule has 13 heavy (non-hydrogen) atoms.